The van der Waals surface area contributed by atoms with E-state index in [2.05, 4.69) is 15.2 Å². The maximum absolute atomic E-state index is 13.7. The standard InChI is InChI=1S/C13H11FN4OS/c1-19-12-6-11-10(5-9(12)14)16-13(20)18(11)7-8-3-2-4-15-17-8/h2-6H,7H2,1H3,(H,16,20). The summed E-state index contributed by atoms with van der Waals surface area (Å²) in [6.07, 6.45) is 1.61. The number of ether oxygens (including phenoxy) is 1. The SMILES string of the molecule is COc1cc2c(cc1F)[nH]c(=S)n2Cc1cccnn1. The molecule has 7 heteroatoms. The summed E-state index contributed by atoms with van der Waals surface area (Å²) in [7, 11) is 1.43. The van der Waals surface area contributed by atoms with Gasteiger partial charge in [-0.2, -0.15) is 10.2 Å². The molecule has 0 saturated carbocycles. The Bertz CT molecular complexity index is 812. The molecular formula is C13H11FN4OS. The molecule has 20 heavy (non-hydrogen) atoms. The molecule has 102 valence electrons. The van der Waals surface area contributed by atoms with Gasteiger partial charge in [0.05, 0.1) is 30.4 Å². The highest BCUT2D eigenvalue weighted by atomic mass is 32.1. The molecule has 1 N–H and O–H groups in total. The number of hydrogen-bond acceptors (Lipinski definition) is 4. The smallest absolute Gasteiger partial charge is 0.178 e. The number of imidazole rings is 1. The molecule has 0 bridgehead atoms. The molecule has 0 aliphatic rings. The fourth-order valence-corrected chi connectivity index (χ4v) is 2.32. The maximum Gasteiger partial charge on any atom is 0.178 e. The first-order valence-corrected chi connectivity index (χ1v) is 6.32. The summed E-state index contributed by atoms with van der Waals surface area (Å²) in [6, 6.07) is 6.65. The maximum atomic E-state index is 13.7. The molecule has 0 aliphatic carbocycles. The van der Waals surface area contributed by atoms with Crippen molar-refractivity contribution in [1.82, 2.24) is 19.7 Å². The van der Waals surface area contributed by atoms with Crippen LogP contribution < -0.4 is 4.74 Å². The van der Waals surface area contributed by atoms with Crippen LogP contribution in [0, 0.1) is 10.6 Å². The molecule has 0 saturated heterocycles. The summed E-state index contributed by atoms with van der Waals surface area (Å²) in [5, 5.41) is 7.86. The molecule has 0 unspecified atom stereocenters. The quantitative estimate of drug-likeness (QED) is 0.754. The predicted octanol–water partition coefficient (Wildman–Crippen LogP) is 2.68. The van der Waals surface area contributed by atoms with Crippen molar-refractivity contribution in [3.05, 3.63) is 46.7 Å². The van der Waals surface area contributed by atoms with E-state index in [0.717, 1.165) is 11.2 Å². The van der Waals surface area contributed by atoms with Crippen LogP contribution in [0.15, 0.2) is 30.5 Å². The average molecular weight is 290 g/mol. The van der Waals surface area contributed by atoms with Gasteiger partial charge in [-0.25, -0.2) is 4.39 Å². The van der Waals surface area contributed by atoms with E-state index in [-0.39, 0.29) is 5.75 Å². The number of methoxy groups -OCH3 is 1. The predicted molar refractivity (Wildman–Crippen MR) is 74.8 cm³/mol. The second-order valence-corrected chi connectivity index (χ2v) is 4.62. The fourth-order valence-electron chi connectivity index (χ4n) is 2.05. The Morgan fingerprint density at radius 1 is 1.45 bits per heavy atom. The second kappa shape index (κ2) is 5.01. The summed E-state index contributed by atoms with van der Waals surface area (Å²) in [4.78, 5) is 2.97. The van der Waals surface area contributed by atoms with Crippen LogP contribution in [0.25, 0.3) is 11.0 Å². The van der Waals surface area contributed by atoms with Gasteiger partial charge in [-0.05, 0) is 24.4 Å². The number of H-pyrrole nitrogens is 1. The number of nitrogens with zero attached hydrogens (tertiary/aromatic N) is 3. The number of aromatic nitrogens is 4. The summed E-state index contributed by atoms with van der Waals surface area (Å²) >= 11 is 5.27. The van der Waals surface area contributed by atoms with E-state index in [4.69, 9.17) is 17.0 Å². The van der Waals surface area contributed by atoms with Gasteiger partial charge >= 0.3 is 0 Å². The van der Waals surface area contributed by atoms with Crippen LogP contribution in [-0.2, 0) is 6.54 Å². The highest BCUT2D eigenvalue weighted by Crippen LogP contribution is 2.24. The van der Waals surface area contributed by atoms with E-state index in [0.29, 0.717) is 16.8 Å². The monoisotopic (exact) mass is 290 g/mol. The van der Waals surface area contributed by atoms with Crippen LogP contribution in [-0.4, -0.2) is 26.9 Å². The van der Waals surface area contributed by atoms with E-state index in [9.17, 15) is 4.39 Å². The number of fused-ring (bicyclic) bond motifs is 1. The minimum atomic E-state index is -0.428. The van der Waals surface area contributed by atoms with Crippen molar-refractivity contribution in [2.45, 2.75) is 6.54 Å². The second-order valence-electron chi connectivity index (χ2n) is 4.24. The zero-order valence-corrected chi connectivity index (χ0v) is 11.4. The number of aromatic amines is 1. The van der Waals surface area contributed by atoms with Crippen LogP contribution in [0.2, 0.25) is 0 Å². The van der Waals surface area contributed by atoms with Gasteiger partial charge < -0.3 is 14.3 Å². The van der Waals surface area contributed by atoms with Crippen molar-refractivity contribution in [1.29, 1.82) is 0 Å². The summed E-state index contributed by atoms with van der Waals surface area (Å²) in [5.41, 5.74) is 2.16. The van der Waals surface area contributed by atoms with Crippen molar-refractivity contribution >= 4 is 23.3 Å². The molecule has 0 radical (unpaired) electrons. The Hall–Kier alpha value is -2.28. The van der Waals surface area contributed by atoms with Gasteiger partial charge in [0, 0.05) is 18.3 Å². The van der Waals surface area contributed by atoms with Gasteiger partial charge in [0.25, 0.3) is 0 Å². The Balaban J connectivity index is 2.15. The molecule has 0 fully saturated rings. The number of halogens is 1. The summed E-state index contributed by atoms with van der Waals surface area (Å²) < 4.78 is 21.0. The molecule has 2 aromatic heterocycles. The zero-order chi connectivity index (χ0) is 14.1. The largest absolute Gasteiger partial charge is 0.494 e. The minimum absolute atomic E-state index is 0.180. The van der Waals surface area contributed by atoms with Crippen molar-refractivity contribution in [2.24, 2.45) is 0 Å². The lowest BCUT2D eigenvalue weighted by atomic mass is 10.2. The minimum Gasteiger partial charge on any atom is -0.494 e. The van der Waals surface area contributed by atoms with E-state index in [1.54, 1.807) is 18.3 Å². The van der Waals surface area contributed by atoms with E-state index < -0.39 is 5.82 Å². The molecule has 2 heterocycles. The van der Waals surface area contributed by atoms with Crippen LogP contribution in [0.1, 0.15) is 5.69 Å². The Morgan fingerprint density at radius 2 is 2.30 bits per heavy atom. The molecule has 1 aromatic carbocycles. The third-order valence-electron chi connectivity index (χ3n) is 3.00. The van der Waals surface area contributed by atoms with Crippen LogP contribution in [0.5, 0.6) is 5.75 Å². The Morgan fingerprint density at radius 3 is 3.00 bits per heavy atom. The first-order valence-electron chi connectivity index (χ1n) is 5.91. The van der Waals surface area contributed by atoms with Crippen molar-refractivity contribution in [3.8, 4) is 5.75 Å². The van der Waals surface area contributed by atoms with E-state index >= 15 is 0 Å². The molecule has 3 rings (SSSR count). The lowest BCUT2D eigenvalue weighted by molar-refractivity contribution is 0.387. The van der Waals surface area contributed by atoms with Crippen LogP contribution in [0.4, 0.5) is 4.39 Å². The van der Waals surface area contributed by atoms with Crippen LogP contribution >= 0.6 is 12.2 Å². The van der Waals surface area contributed by atoms with E-state index in [1.165, 1.54) is 13.2 Å². The van der Waals surface area contributed by atoms with E-state index in [1.807, 2.05) is 10.6 Å². The molecule has 3 aromatic rings. The first-order chi connectivity index (χ1) is 9.69. The zero-order valence-electron chi connectivity index (χ0n) is 10.6. The first kappa shape index (κ1) is 12.7. The number of rotatable bonds is 3. The van der Waals surface area contributed by atoms with Gasteiger partial charge in [-0.15, -0.1) is 0 Å². The Labute approximate surface area is 119 Å². The Kier molecular flexibility index (Phi) is 3.19. The molecule has 0 amide bonds. The lowest BCUT2D eigenvalue weighted by Gasteiger charge is -2.05. The highest BCUT2D eigenvalue weighted by molar-refractivity contribution is 7.71. The number of hydrogen-bond donors (Lipinski definition) is 1. The number of nitrogens with one attached hydrogen (secondary N) is 1. The molecular weight excluding hydrogens is 279 g/mol. The normalized spacial score (nSPS) is 10.9. The number of benzene rings is 1. The fraction of sp³-hybridized carbons (Fsp3) is 0.154. The average Bonchev–Trinajstić information content (AvgIpc) is 2.74. The molecule has 0 atom stereocenters. The van der Waals surface area contributed by atoms with Crippen molar-refractivity contribution < 1.29 is 9.13 Å². The van der Waals surface area contributed by atoms with Crippen LogP contribution in [0.3, 0.4) is 0 Å². The lowest BCUT2D eigenvalue weighted by Crippen LogP contribution is -2.02. The third-order valence-corrected chi connectivity index (χ3v) is 3.32. The molecule has 0 spiro atoms. The van der Waals surface area contributed by atoms with Gasteiger partial charge in [-0.1, -0.05) is 0 Å². The summed E-state index contributed by atoms with van der Waals surface area (Å²) in [5.74, 6) is -0.248. The third kappa shape index (κ3) is 2.16. The highest BCUT2D eigenvalue weighted by Gasteiger charge is 2.11. The van der Waals surface area contributed by atoms with Gasteiger partial charge in [0.1, 0.15) is 0 Å². The van der Waals surface area contributed by atoms with Gasteiger partial charge in [0.2, 0.25) is 0 Å². The topological polar surface area (TPSA) is 55.7 Å². The molecule has 0 aliphatic heterocycles. The van der Waals surface area contributed by atoms with Gasteiger partial charge in [0.15, 0.2) is 16.3 Å². The van der Waals surface area contributed by atoms with Crippen molar-refractivity contribution in [3.63, 3.8) is 0 Å². The summed E-state index contributed by atoms with van der Waals surface area (Å²) in [6.45, 7) is 0.460. The van der Waals surface area contributed by atoms with Crippen molar-refractivity contribution in [2.75, 3.05) is 7.11 Å². The molecule has 5 nitrogen and oxygen atoms in total. The van der Waals surface area contributed by atoms with Gasteiger partial charge in [-0.3, -0.25) is 0 Å².